The maximum absolute atomic E-state index is 12.9. The Morgan fingerprint density at radius 2 is 1.71 bits per heavy atom. The number of carbonyl (C=O) groups is 1. The molecule has 0 saturated carbocycles. The molecular weight excluding hydrogens is 275 g/mol. The van der Waals surface area contributed by atoms with E-state index in [1.807, 2.05) is 0 Å². The third-order valence-electron chi connectivity index (χ3n) is 3.02. The van der Waals surface area contributed by atoms with Gasteiger partial charge in [0.15, 0.2) is 0 Å². The number of nitro benzene ring substituents is 1. The molecule has 0 spiro atoms. The van der Waals surface area contributed by atoms with Gasteiger partial charge in [-0.1, -0.05) is 0 Å². The molecule has 2 aromatic rings. The zero-order chi connectivity index (χ0) is 15.4. The Balaban J connectivity index is 2.27. The number of hydrogen-bond donors (Lipinski definition) is 0. The highest BCUT2D eigenvalue weighted by Gasteiger charge is 2.17. The highest BCUT2D eigenvalue weighted by Crippen LogP contribution is 2.19. The molecule has 0 bridgehead atoms. The van der Waals surface area contributed by atoms with Crippen LogP contribution in [0, 0.1) is 15.9 Å². The second kappa shape index (κ2) is 6.13. The zero-order valence-corrected chi connectivity index (χ0v) is 11.3. The first-order chi connectivity index (χ1) is 10.0. The van der Waals surface area contributed by atoms with Crippen molar-refractivity contribution in [2.24, 2.45) is 0 Å². The third-order valence-corrected chi connectivity index (χ3v) is 3.02. The monoisotopic (exact) mass is 288 g/mol. The summed E-state index contributed by atoms with van der Waals surface area (Å²) in [6, 6.07) is 11.0. The summed E-state index contributed by atoms with van der Waals surface area (Å²) in [5.74, 6) is -0.670. The van der Waals surface area contributed by atoms with E-state index in [0.717, 1.165) is 0 Å². The fourth-order valence-electron chi connectivity index (χ4n) is 1.95. The van der Waals surface area contributed by atoms with Crippen LogP contribution in [0.2, 0.25) is 0 Å². The van der Waals surface area contributed by atoms with Gasteiger partial charge in [-0.25, -0.2) is 4.39 Å². The number of benzene rings is 2. The fourth-order valence-corrected chi connectivity index (χ4v) is 1.95. The van der Waals surface area contributed by atoms with E-state index in [9.17, 15) is 19.3 Å². The Morgan fingerprint density at radius 1 is 1.14 bits per heavy atom. The van der Waals surface area contributed by atoms with Crippen molar-refractivity contribution in [2.75, 3.05) is 11.4 Å². The minimum absolute atomic E-state index is 0.0728. The largest absolute Gasteiger partial charge is 0.309 e. The molecule has 0 unspecified atom stereocenters. The average molecular weight is 288 g/mol. The highest BCUT2D eigenvalue weighted by atomic mass is 19.1. The maximum Gasteiger partial charge on any atom is 0.269 e. The van der Waals surface area contributed by atoms with Gasteiger partial charge in [0.2, 0.25) is 0 Å². The number of halogens is 1. The SMILES string of the molecule is CCN(C(=O)c1ccc([N+](=O)[O-])cc1)c1ccc(F)cc1. The van der Waals surface area contributed by atoms with Crippen LogP contribution in [0.25, 0.3) is 0 Å². The Kier molecular flexibility index (Phi) is 4.27. The summed E-state index contributed by atoms with van der Waals surface area (Å²) >= 11 is 0. The first-order valence-electron chi connectivity index (χ1n) is 6.35. The van der Waals surface area contributed by atoms with Gasteiger partial charge in [-0.05, 0) is 43.3 Å². The van der Waals surface area contributed by atoms with Crippen molar-refractivity contribution in [1.82, 2.24) is 0 Å². The number of carbonyl (C=O) groups excluding carboxylic acids is 1. The van der Waals surface area contributed by atoms with Gasteiger partial charge in [-0.15, -0.1) is 0 Å². The first-order valence-corrected chi connectivity index (χ1v) is 6.35. The summed E-state index contributed by atoms with van der Waals surface area (Å²) in [5, 5.41) is 10.6. The van der Waals surface area contributed by atoms with Crippen LogP contribution < -0.4 is 4.90 Å². The summed E-state index contributed by atoms with van der Waals surface area (Å²) in [6.07, 6.45) is 0. The van der Waals surface area contributed by atoms with Crippen molar-refractivity contribution in [1.29, 1.82) is 0 Å². The third kappa shape index (κ3) is 3.22. The van der Waals surface area contributed by atoms with Crippen LogP contribution in [0.1, 0.15) is 17.3 Å². The molecule has 6 heteroatoms. The zero-order valence-electron chi connectivity index (χ0n) is 11.3. The number of amides is 1. The van der Waals surface area contributed by atoms with E-state index in [1.165, 1.54) is 53.4 Å². The molecule has 108 valence electrons. The first kappa shape index (κ1) is 14.6. The maximum atomic E-state index is 12.9. The molecule has 5 nitrogen and oxygen atoms in total. The topological polar surface area (TPSA) is 63.5 Å². The molecule has 0 heterocycles. The van der Waals surface area contributed by atoms with E-state index in [0.29, 0.717) is 17.8 Å². The summed E-state index contributed by atoms with van der Waals surface area (Å²) in [6.45, 7) is 2.20. The van der Waals surface area contributed by atoms with Crippen LogP contribution in [0.3, 0.4) is 0 Å². The molecule has 0 fully saturated rings. The number of hydrogen-bond acceptors (Lipinski definition) is 3. The Labute approximate surface area is 120 Å². The predicted octanol–water partition coefficient (Wildman–Crippen LogP) is 3.40. The van der Waals surface area contributed by atoms with Gasteiger partial charge in [0.05, 0.1) is 4.92 Å². The average Bonchev–Trinajstić information content (AvgIpc) is 2.50. The quantitative estimate of drug-likeness (QED) is 0.639. The molecule has 0 radical (unpaired) electrons. The molecule has 0 aliphatic carbocycles. The number of nitrogens with zero attached hydrogens (tertiary/aromatic N) is 2. The molecule has 0 atom stereocenters. The lowest BCUT2D eigenvalue weighted by atomic mass is 10.1. The van der Waals surface area contributed by atoms with Crippen molar-refractivity contribution in [3.05, 3.63) is 70.0 Å². The van der Waals surface area contributed by atoms with Gasteiger partial charge in [-0.3, -0.25) is 14.9 Å². The van der Waals surface area contributed by atoms with E-state index in [-0.39, 0.29) is 17.4 Å². The molecule has 0 aliphatic heterocycles. The van der Waals surface area contributed by atoms with Crippen LogP contribution in [0.4, 0.5) is 15.8 Å². The van der Waals surface area contributed by atoms with Crippen LogP contribution in [0.5, 0.6) is 0 Å². The number of rotatable bonds is 4. The molecule has 2 rings (SSSR count). The van der Waals surface area contributed by atoms with Gasteiger partial charge in [0, 0.05) is 29.9 Å². The van der Waals surface area contributed by atoms with Crippen LogP contribution in [-0.4, -0.2) is 17.4 Å². The van der Waals surface area contributed by atoms with Gasteiger partial charge < -0.3 is 4.90 Å². The highest BCUT2D eigenvalue weighted by molar-refractivity contribution is 6.06. The Hall–Kier alpha value is -2.76. The molecular formula is C15H13FN2O3. The number of nitro groups is 1. The Bertz CT molecular complexity index is 654. The van der Waals surface area contributed by atoms with Crippen molar-refractivity contribution in [3.63, 3.8) is 0 Å². The van der Waals surface area contributed by atoms with E-state index in [4.69, 9.17) is 0 Å². The van der Waals surface area contributed by atoms with E-state index < -0.39 is 4.92 Å². The van der Waals surface area contributed by atoms with Crippen molar-refractivity contribution >= 4 is 17.3 Å². The molecule has 21 heavy (non-hydrogen) atoms. The van der Waals surface area contributed by atoms with Crippen molar-refractivity contribution in [2.45, 2.75) is 6.92 Å². The standard InChI is InChI=1S/C15H13FN2O3/c1-2-17(13-9-5-12(16)6-10-13)15(19)11-3-7-14(8-4-11)18(20)21/h3-10H,2H2,1H3. The lowest BCUT2D eigenvalue weighted by Gasteiger charge is -2.21. The lowest BCUT2D eigenvalue weighted by molar-refractivity contribution is -0.384. The minimum Gasteiger partial charge on any atom is -0.309 e. The Morgan fingerprint density at radius 3 is 2.19 bits per heavy atom. The van der Waals surface area contributed by atoms with E-state index >= 15 is 0 Å². The summed E-state index contributed by atoms with van der Waals surface area (Å²) in [5.41, 5.74) is 0.838. The van der Waals surface area contributed by atoms with Crippen LogP contribution in [-0.2, 0) is 0 Å². The van der Waals surface area contributed by atoms with Crippen LogP contribution >= 0.6 is 0 Å². The molecule has 1 amide bonds. The van der Waals surface area contributed by atoms with Crippen molar-refractivity contribution < 1.29 is 14.1 Å². The summed E-state index contributed by atoms with van der Waals surface area (Å²) < 4.78 is 12.9. The summed E-state index contributed by atoms with van der Waals surface area (Å²) in [4.78, 5) is 24.0. The van der Waals surface area contributed by atoms with E-state index in [2.05, 4.69) is 0 Å². The van der Waals surface area contributed by atoms with Gasteiger partial charge in [0.1, 0.15) is 5.82 Å². The van der Waals surface area contributed by atoms with Gasteiger partial charge in [0.25, 0.3) is 11.6 Å². The van der Waals surface area contributed by atoms with Crippen molar-refractivity contribution in [3.8, 4) is 0 Å². The van der Waals surface area contributed by atoms with Crippen LogP contribution in [0.15, 0.2) is 48.5 Å². The molecule has 0 aliphatic rings. The molecule has 0 saturated heterocycles. The summed E-state index contributed by atoms with van der Waals surface area (Å²) in [7, 11) is 0. The molecule has 0 N–H and O–H groups in total. The second-order valence-corrected chi connectivity index (χ2v) is 4.33. The van der Waals surface area contributed by atoms with Gasteiger partial charge in [-0.2, -0.15) is 0 Å². The van der Waals surface area contributed by atoms with Gasteiger partial charge >= 0.3 is 0 Å². The second-order valence-electron chi connectivity index (χ2n) is 4.33. The lowest BCUT2D eigenvalue weighted by Crippen LogP contribution is -2.30. The molecule has 2 aromatic carbocycles. The normalized spacial score (nSPS) is 10.2. The smallest absolute Gasteiger partial charge is 0.269 e. The number of non-ortho nitro benzene ring substituents is 1. The minimum atomic E-state index is -0.522. The molecule has 0 aromatic heterocycles. The number of anilines is 1. The fraction of sp³-hybridized carbons (Fsp3) is 0.133. The van der Waals surface area contributed by atoms with E-state index in [1.54, 1.807) is 6.92 Å². The predicted molar refractivity (Wildman–Crippen MR) is 76.8 cm³/mol.